The third kappa shape index (κ3) is 1.88. The molecule has 1 aliphatic carbocycles. The fourth-order valence-electron chi connectivity index (χ4n) is 3.31. The van der Waals surface area contributed by atoms with Crippen molar-refractivity contribution in [1.82, 2.24) is 0 Å². The van der Waals surface area contributed by atoms with Gasteiger partial charge in [0.05, 0.1) is 16.9 Å². The first kappa shape index (κ1) is 10.9. The summed E-state index contributed by atoms with van der Waals surface area (Å²) in [7, 11) is 0. The molecule has 1 aromatic rings. The highest BCUT2D eigenvalue weighted by molar-refractivity contribution is 5.72. The Labute approximate surface area is 102 Å². The van der Waals surface area contributed by atoms with Gasteiger partial charge < -0.3 is 10.6 Å². The zero-order valence-corrected chi connectivity index (χ0v) is 10.2. The predicted molar refractivity (Wildman–Crippen MR) is 68.9 cm³/mol. The minimum Gasteiger partial charge on any atom is -0.381 e. The standard InChI is InChI=1S/C14H19FN2/c1-10-4-3-7-14(8-10)9-16-12-6-2-5-11(15)13(12)17-14/h2,5-6,10,16-17H,3-4,7-9H2,1H3. The molecule has 1 spiro atoms. The fourth-order valence-corrected chi connectivity index (χ4v) is 3.31. The molecule has 1 fully saturated rings. The van der Waals surface area contributed by atoms with Gasteiger partial charge in [0.15, 0.2) is 0 Å². The van der Waals surface area contributed by atoms with Crippen molar-refractivity contribution >= 4 is 11.4 Å². The van der Waals surface area contributed by atoms with E-state index in [4.69, 9.17) is 0 Å². The summed E-state index contributed by atoms with van der Waals surface area (Å²) < 4.78 is 13.8. The fraction of sp³-hybridized carbons (Fsp3) is 0.571. The summed E-state index contributed by atoms with van der Waals surface area (Å²) in [5, 5.41) is 6.86. The summed E-state index contributed by atoms with van der Waals surface area (Å²) in [6, 6.07) is 5.22. The van der Waals surface area contributed by atoms with Crippen LogP contribution in [-0.4, -0.2) is 12.1 Å². The summed E-state index contributed by atoms with van der Waals surface area (Å²) in [4.78, 5) is 0. The molecule has 3 heteroatoms. The Balaban J connectivity index is 1.91. The molecule has 1 saturated carbocycles. The molecule has 92 valence electrons. The van der Waals surface area contributed by atoms with Gasteiger partial charge in [-0.3, -0.25) is 0 Å². The lowest BCUT2D eigenvalue weighted by molar-refractivity contribution is 0.265. The molecule has 1 heterocycles. The zero-order valence-electron chi connectivity index (χ0n) is 10.2. The van der Waals surface area contributed by atoms with Crippen LogP contribution >= 0.6 is 0 Å². The smallest absolute Gasteiger partial charge is 0.148 e. The predicted octanol–water partition coefficient (Wildman–Crippen LogP) is 3.61. The van der Waals surface area contributed by atoms with Crippen LogP contribution in [0.25, 0.3) is 0 Å². The minimum atomic E-state index is -0.146. The van der Waals surface area contributed by atoms with Gasteiger partial charge >= 0.3 is 0 Å². The van der Waals surface area contributed by atoms with E-state index in [9.17, 15) is 4.39 Å². The van der Waals surface area contributed by atoms with Crippen LogP contribution in [0.2, 0.25) is 0 Å². The average molecular weight is 234 g/mol. The lowest BCUT2D eigenvalue weighted by Gasteiger charge is -2.45. The number of halogens is 1. The number of nitrogens with one attached hydrogen (secondary N) is 2. The maximum Gasteiger partial charge on any atom is 0.148 e. The number of fused-ring (bicyclic) bond motifs is 1. The SMILES string of the molecule is CC1CCCC2(CNc3cccc(F)c3N2)C1. The highest BCUT2D eigenvalue weighted by Crippen LogP contribution is 2.40. The van der Waals surface area contributed by atoms with Gasteiger partial charge in [-0.25, -0.2) is 4.39 Å². The van der Waals surface area contributed by atoms with Gasteiger partial charge in [0.25, 0.3) is 0 Å². The molecule has 0 aromatic heterocycles. The Morgan fingerprint density at radius 3 is 3.12 bits per heavy atom. The van der Waals surface area contributed by atoms with Crippen LogP contribution in [0.3, 0.4) is 0 Å². The van der Waals surface area contributed by atoms with Gasteiger partial charge in [-0.2, -0.15) is 0 Å². The summed E-state index contributed by atoms with van der Waals surface area (Å²) >= 11 is 0. The van der Waals surface area contributed by atoms with Crippen molar-refractivity contribution < 1.29 is 4.39 Å². The first-order valence-electron chi connectivity index (χ1n) is 6.49. The van der Waals surface area contributed by atoms with Crippen LogP contribution in [0.5, 0.6) is 0 Å². The minimum absolute atomic E-state index is 0.0624. The highest BCUT2D eigenvalue weighted by atomic mass is 19.1. The van der Waals surface area contributed by atoms with Crippen molar-refractivity contribution in [3.05, 3.63) is 24.0 Å². The van der Waals surface area contributed by atoms with Gasteiger partial charge in [0.1, 0.15) is 5.82 Å². The third-order valence-corrected chi connectivity index (χ3v) is 4.11. The lowest BCUT2D eigenvalue weighted by Crippen LogP contribution is -2.50. The van der Waals surface area contributed by atoms with E-state index in [1.807, 2.05) is 6.07 Å². The van der Waals surface area contributed by atoms with E-state index >= 15 is 0 Å². The first-order valence-corrected chi connectivity index (χ1v) is 6.49. The van der Waals surface area contributed by atoms with E-state index in [0.717, 1.165) is 31.0 Å². The molecule has 3 rings (SSSR count). The van der Waals surface area contributed by atoms with E-state index in [0.29, 0.717) is 5.69 Å². The number of benzene rings is 1. The highest BCUT2D eigenvalue weighted by Gasteiger charge is 2.38. The molecular weight excluding hydrogens is 215 g/mol. The van der Waals surface area contributed by atoms with Crippen LogP contribution in [0.1, 0.15) is 32.6 Å². The number of anilines is 2. The third-order valence-electron chi connectivity index (χ3n) is 4.11. The average Bonchev–Trinajstić information content (AvgIpc) is 2.30. The quantitative estimate of drug-likeness (QED) is 0.716. The maximum atomic E-state index is 13.8. The van der Waals surface area contributed by atoms with Crippen molar-refractivity contribution in [2.75, 3.05) is 17.2 Å². The monoisotopic (exact) mass is 234 g/mol. The molecule has 2 atom stereocenters. The van der Waals surface area contributed by atoms with Crippen LogP contribution in [0.15, 0.2) is 18.2 Å². The summed E-state index contributed by atoms with van der Waals surface area (Å²) in [5.74, 6) is 0.582. The van der Waals surface area contributed by atoms with Gasteiger partial charge in [-0.1, -0.05) is 25.8 Å². The Hall–Kier alpha value is -1.25. The van der Waals surface area contributed by atoms with Crippen molar-refractivity contribution in [3.8, 4) is 0 Å². The van der Waals surface area contributed by atoms with Gasteiger partial charge in [0.2, 0.25) is 0 Å². The normalized spacial score (nSPS) is 31.5. The van der Waals surface area contributed by atoms with E-state index < -0.39 is 0 Å². The maximum absolute atomic E-state index is 13.8. The molecular formula is C14H19FN2. The second kappa shape index (κ2) is 3.90. The number of hydrogen-bond donors (Lipinski definition) is 2. The summed E-state index contributed by atoms with van der Waals surface area (Å²) in [5.41, 5.74) is 1.62. The van der Waals surface area contributed by atoms with E-state index in [1.54, 1.807) is 6.07 Å². The zero-order chi connectivity index (χ0) is 11.9. The van der Waals surface area contributed by atoms with Crippen molar-refractivity contribution in [3.63, 3.8) is 0 Å². The summed E-state index contributed by atoms with van der Waals surface area (Å²) in [6.07, 6.45) is 4.80. The topological polar surface area (TPSA) is 24.1 Å². The second-order valence-corrected chi connectivity index (χ2v) is 5.62. The Morgan fingerprint density at radius 2 is 2.29 bits per heavy atom. The molecule has 0 bridgehead atoms. The Morgan fingerprint density at radius 1 is 1.41 bits per heavy atom. The Kier molecular flexibility index (Phi) is 2.49. The Bertz CT molecular complexity index is 432. The van der Waals surface area contributed by atoms with Crippen LogP contribution in [-0.2, 0) is 0 Å². The van der Waals surface area contributed by atoms with Crippen LogP contribution in [0.4, 0.5) is 15.8 Å². The van der Waals surface area contributed by atoms with E-state index in [-0.39, 0.29) is 11.4 Å². The van der Waals surface area contributed by atoms with Crippen molar-refractivity contribution in [1.29, 1.82) is 0 Å². The molecule has 17 heavy (non-hydrogen) atoms. The first-order chi connectivity index (χ1) is 8.19. The van der Waals surface area contributed by atoms with Gasteiger partial charge in [-0.05, 0) is 30.9 Å². The number of hydrogen-bond acceptors (Lipinski definition) is 2. The lowest BCUT2D eigenvalue weighted by atomic mass is 9.75. The van der Waals surface area contributed by atoms with Gasteiger partial charge in [0, 0.05) is 6.54 Å². The number of rotatable bonds is 0. The molecule has 2 N–H and O–H groups in total. The van der Waals surface area contributed by atoms with Gasteiger partial charge in [-0.15, -0.1) is 0 Å². The molecule has 1 aliphatic heterocycles. The molecule has 1 aromatic carbocycles. The van der Waals surface area contributed by atoms with E-state index in [1.165, 1.54) is 18.9 Å². The van der Waals surface area contributed by atoms with Crippen molar-refractivity contribution in [2.45, 2.75) is 38.1 Å². The molecule has 2 nitrogen and oxygen atoms in total. The molecule has 2 unspecified atom stereocenters. The molecule has 0 amide bonds. The second-order valence-electron chi connectivity index (χ2n) is 5.62. The van der Waals surface area contributed by atoms with Crippen LogP contribution < -0.4 is 10.6 Å². The van der Waals surface area contributed by atoms with E-state index in [2.05, 4.69) is 17.6 Å². The molecule has 0 saturated heterocycles. The van der Waals surface area contributed by atoms with Crippen molar-refractivity contribution in [2.24, 2.45) is 5.92 Å². The number of para-hydroxylation sites is 1. The summed E-state index contributed by atoms with van der Waals surface area (Å²) in [6.45, 7) is 3.20. The molecule has 0 radical (unpaired) electrons. The molecule has 2 aliphatic rings. The van der Waals surface area contributed by atoms with Crippen LogP contribution in [0, 0.1) is 11.7 Å². The largest absolute Gasteiger partial charge is 0.381 e.